The molecule has 2 N–H and O–H groups in total. The quantitative estimate of drug-likeness (QED) is 0.612. The van der Waals surface area contributed by atoms with Crippen LogP contribution in [0, 0.1) is 18.8 Å². The molecule has 3 fully saturated rings. The van der Waals surface area contributed by atoms with Gasteiger partial charge in [0.15, 0.2) is 5.82 Å². The molecule has 2 saturated heterocycles. The van der Waals surface area contributed by atoms with Crippen molar-refractivity contribution >= 4 is 34.9 Å². The number of anilines is 1. The van der Waals surface area contributed by atoms with E-state index in [9.17, 15) is 14.4 Å². The van der Waals surface area contributed by atoms with Gasteiger partial charge in [0.1, 0.15) is 17.4 Å². The first kappa shape index (κ1) is 21.5. The summed E-state index contributed by atoms with van der Waals surface area (Å²) >= 11 is 1.53. The van der Waals surface area contributed by atoms with E-state index < -0.39 is 29.6 Å². The summed E-state index contributed by atoms with van der Waals surface area (Å²) in [6.45, 7) is 2.04. The van der Waals surface area contributed by atoms with Crippen LogP contribution in [-0.4, -0.2) is 51.6 Å². The molecule has 0 radical (unpaired) electrons. The number of likely N-dealkylation sites (tertiary alicyclic amines) is 1. The van der Waals surface area contributed by atoms with Crippen LogP contribution in [-0.2, 0) is 25.7 Å². The maximum Gasteiger partial charge on any atom is 0.246 e. The van der Waals surface area contributed by atoms with Gasteiger partial charge in [0.2, 0.25) is 17.7 Å². The SMILES string of the molecule is Cc1cc(NC(=O)[C@@H]2[C@H]3C=C[C@]4(O3)[C@H](C(=O)NC3CCCC3)N(Cc3cccs3)C(=O)[C@@H]24)no1. The van der Waals surface area contributed by atoms with Gasteiger partial charge in [0, 0.05) is 17.0 Å². The molecule has 10 heteroatoms. The normalized spacial score (nSPS) is 31.9. The molecule has 1 spiro atoms. The van der Waals surface area contributed by atoms with Gasteiger partial charge < -0.3 is 24.8 Å². The van der Waals surface area contributed by atoms with Crippen LogP contribution in [0.5, 0.6) is 0 Å². The van der Waals surface area contributed by atoms with Crippen molar-refractivity contribution < 1.29 is 23.6 Å². The first-order valence-electron chi connectivity index (χ1n) is 11.7. The number of amides is 3. The fraction of sp³-hybridized carbons (Fsp3) is 0.500. The lowest BCUT2D eigenvalue weighted by atomic mass is 9.74. The number of rotatable bonds is 6. The van der Waals surface area contributed by atoms with E-state index in [1.165, 1.54) is 11.3 Å². The lowest BCUT2D eigenvalue weighted by Gasteiger charge is -2.32. The summed E-state index contributed by atoms with van der Waals surface area (Å²) in [6.07, 6.45) is 7.12. The molecule has 34 heavy (non-hydrogen) atoms. The zero-order valence-corrected chi connectivity index (χ0v) is 19.5. The first-order valence-corrected chi connectivity index (χ1v) is 12.6. The molecule has 2 aromatic rings. The van der Waals surface area contributed by atoms with Crippen molar-refractivity contribution in [1.82, 2.24) is 15.4 Å². The molecule has 1 saturated carbocycles. The number of nitrogens with zero attached hydrogens (tertiary/aromatic N) is 2. The summed E-state index contributed by atoms with van der Waals surface area (Å²) in [5, 5.41) is 11.7. The maximum atomic E-state index is 13.8. The number of hydrogen-bond acceptors (Lipinski definition) is 7. The van der Waals surface area contributed by atoms with Crippen LogP contribution < -0.4 is 10.6 Å². The molecule has 2 bridgehead atoms. The van der Waals surface area contributed by atoms with Gasteiger partial charge in [-0.05, 0) is 31.2 Å². The summed E-state index contributed by atoms with van der Waals surface area (Å²) in [5.74, 6) is -1.49. The Hall–Kier alpha value is -2.98. The summed E-state index contributed by atoms with van der Waals surface area (Å²) in [6, 6.07) is 4.76. The molecule has 2 aromatic heterocycles. The van der Waals surface area contributed by atoms with Crippen molar-refractivity contribution in [2.24, 2.45) is 11.8 Å². The lowest BCUT2D eigenvalue weighted by molar-refractivity contribution is -0.142. The number of hydrogen-bond donors (Lipinski definition) is 2. The van der Waals surface area contributed by atoms with Gasteiger partial charge in [-0.15, -0.1) is 11.3 Å². The molecule has 5 heterocycles. The fourth-order valence-electron chi connectivity index (χ4n) is 5.99. The van der Waals surface area contributed by atoms with Gasteiger partial charge in [-0.1, -0.05) is 36.2 Å². The highest BCUT2D eigenvalue weighted by molar-refractivity contribution is 7.09. The highest BCUT2D eigenvalue weighted by Crippen LogP contribution is 2.55. The molecule has 6 rings (SSSR count). The molecule has 0 aromatic carbocycles. The number of aromatic nitrogens is 1. The van der Waals surface area contributed by atoms with Gasteiger partial charge in [-0.3, -0.25) is 14.4 Å². The minimum absolute atomic E-state index is 0.110. The van der Waals surface area contributed by atoms with E-state index in [4.69, 9.17) is 9.26 Å². The molecule has 3 aliphatic heterocycles. The number of carbonyl (C=O) groups is 3. The molecule has 5 atom stereocenters. The maximum absolute atomic E-state index is 13.8. The molecule has 1 aliphatic carbocycles. The Bertz CT molecular complexity index is 1150. The fourth-order valence-corrected chi connectivity index (χ4v) is 6.70. The number of ether oxygens (including phenoxy) is 1. The Morgan fingerprint density at radius 1 is 1.29 bits per heavy atom. The van der Waals surface area contributed by atoms with Crippen LogP contribution in [0.3, 0.4) is 0 Å². The number of aryl methyl sites for hydroxylation is 1. The average molecular weight is 483 g/mol. The lowest BCUT2D eigenvalue weighted by Crippen LogP contribution is -2.55. The van der Waals surface area contributed by atoms with Crippen LogP contribution in [0.25, 0.3) is 0 Å². The second kappa shape index (κ2) is 8.06. The Kier molecular flexibility index (Phi) is 5.11. The van der Waals surface area contributed by atoms with E-state index in [2.05, 4.69) is 15.8 Å². The number of carbonyl (C=O) groups excluding carboxylic acids is 3. The molecule has 178 valence electrons. The summed E-state index contributed by atoms with van der Waals surface area (Å²) in [7, 11) is 0. The molecular formula is C24H26N4O5S. The molecule has 3 amide bonds. The predicted octanol–water partition coefficient (Wildman–Crippen LogP) is 2.39. The van der Waals surface area contributed by atoms with Gasteiger partial charge in [0.05, 0.1) is 24.5 Å². The van der Waals surface area contributed by atoms with Gasteiger partial charge in [-0.2, -0.15) is 0 Å². The Morgan fingerprint density at radius 2 is 2.12 bits per heavy atom. The Balaban J connectivity index is 1.33. The van der Waals surface area contributed by atoms with Crippen LogP contribution >= 0.6 is 11.3 Å². The summed E-state index contributed by atoms with van der Waals surface area (Å²) < 4.78 is 11.4. The number of thiophene rings is 1. The minimum atomic E-state index is -1.16. The van der Waals surface area contributed by atoms with Crippen LogP contribution in [0.15, 0.2) is 40.3 Å². The van der Waals surface area contributed by atoms with Crippen LogP contribution in [0.4, 0.5) is 5.82 Å². The van der Waals surface area contributed by atoms with Gasteiger partial charge >= 0.3 is 0 Å². The van der Waals surface area contributed by atoms with Crippen molar-refractivity contribution in [2.75, 3.05) is 5.32 Å². The zero-order chi connectivity index (χ0) is 23.4. The summed E-state index contributed by atoms with van der Waals surface area (Å²) in [4.78, 5) is 43.4. The Labute approximate surface area is 200 Å². The van der Waals surface area contributed by atoms with E-state index in [-0.39, 0.29) is 23.8 Å². The van der Waals surface area contributed by atoms with E-state index >= 15 is 0 Å². The van der Waals surface area contributed by atoms with Crippen LogP contribution in [0.2, 0.25) is 0 Å². The standard InChI is InChI=1S/C24H26N4O5S/c1-13-11-17(27-33-13)26-21(29)18-16-8-9-24(32-16)19(18)23(31)28(12-15-7-4-10-34-15)20(24)22(30)25-14-5-2-3-6-14/h4,7-11,14,16,18-20H,2-3,5-6,12H2,1H3,(H,25,30)(H,26,27,29)/t16-,18-,19-,20+,24-/m1/s1. The second-order valence-electron chi connectivity index (χ2n) is 9.55. The molecule has 4 aliphatic rings. The largest absolute Gasteiger partial charge is 0.360 e. The van der Waals surface area contributed by atoms with E-state index in [1.54, 1.807) is 17.9 Å². The van der Waals surface area contributed by atoms with Crippen molar-refractivity contribution in [3.05, 3.63) is 46.4 Å². The predicted molar refractivity (Wildman–Crippen MR) is 123 cm³/mol. The van der Waals surface area contributed by atoms with Crippen molar-refractivity contribution in [1.29, 1.82) is 0 Å². The van der Waals surface area contributed by atoms with Crippen molar-refractivity contribution in [3.63, 3.8) is 0 Å². The minimum Gasteiger partial charge on any atom is -0.360 e. The van der Waals surface area contributed by atoms with Crippen molar-refractivity contribution in [2.45, 2.75) is 62.9 Å². The third-order valence-corrected chi connectivity index (χ3v) is 8.27. The third-order valence-electron chi connectivity index (χ3n) is 7.41. The topological polar surface area (TPSA) is 114 Å². The number of fused-ring (bicyclic) bond motifs is 1. The van der Waals surface area contributed by atoms with Crippen molar-refractivity contribution in [3.8, 4) is 0 Å². The highest BCUT2D eigenvalue weighted by atomic mass is 32.1. The second-order valence-corrected chi connectivity index (χ2v) is 10.6. The Morgan fingerprint density at radius 3 is 2.82 bits per heavy atom. The molecule has 0 unspecified atom stereocenters. The highest BCUT2D eigenvalue weighted by Gasteiger charge is 2.72. The van der Waals surface area contributed by atoms with Crippen LogP contribution in [0.1, 0.15) is 36.3 Å². The smallest absolute Gasteiger partial charge is 0.246 e. The molecular weight excluding hydrogens is 456 g/mol. The third kappa shape index (κ3) is 3.31. The van der Waals surface area contributed by atoms with Gasteiger partial charge in [0.25, 0.3) is 0 Å². The monoisotopic (exact) mass is 482 g/mol. The molecule has 9 nitrogen and oxygen atoms in total. The van der Waals surface area contributed by atoms with E-state index in [0.29, 0.717) is 18.1 Å². The van der Waals surface area contributed by atoms with E-state index in [0.717, 1.165) is 30.6 Å². The van der Waals surface area contributed by atoms with E-state index in [1.807, 2.05) is 29.7 Å². The number of nitrogens with one attached hydrogen (secondary N) is 2. The first-order chi connectivity index (χ1) is 16.5. The zero-order valence-electron chi connectivity index (χ0n) is 18.7. The summed E-state index contributed by atoms with van der Waals surface area (Å²) in [5.41, 5.74) is -1.16. The van der Waals surface area contributed by atoms with Gasteiger partial charge in [-0.25, -0.2) is 0 Å². The average Bonchev–Trinajstić information content (AvgIpc) is 3.62.